The molecule has 0 saturated carbocycles. The second-order valence-corrected chi connectivity index (χ2v) is 7.82. The van der Waals surface area contributed by atoms with E-state index < -0.39 is 0 Å². The number of carbonyl (C=O) groups excluding carboxylic acids is 1. The van der Waals surface area contributed by atoms with Crippen molar-refractivity contribution in [2.45, 2.75) is 46.5 Å². The zero-order chi connectivity index (χ0) is 18.4. The van der Waals surface area contributed by atoms with Gasteiger partial charge in [0, 0.05) is 12.1 Å². The highest BCUT2D eigenvalue weighted by Crippen LogP contribution is 2.22. The lowest BCUT2D eigenvalue weighted by atomic mass is 9.87. The van der Waals surface area contributed by atoms with Crippen LogP contribution in [0.3, 0.4) is 0 Å². The van der Waals surface area contributed by atoms with Crippen LogP contribution in [-0.2, 0) is 5.41 Å². The van der Waals surface area contributed by atoms with Crippen LogP contribution in [0.15, 0.2) is 42.6 Å². The average molecular weight is 339 g/mol. The molecule has 2 aromatic rings. The van der Waals surface area contributed by atoms with Crippen molar-refractivity contribution in [1.29, 1.82) is 0 Å². The van der Waals surface area contributed by atoms with Crippen LogP contribution < -0.4 is 10.6 Å². The van der Waals surface area contributed by atoms with Crippen LogP contribution in [0.25, 0.3) is 0 Å². The first-order valence-corrected chi connectivity index (χ1v) is 8.87. The number of rotatable bonds is 6. The van der Waals surface area contributed by atoms with Gasteiger partial charge in [-0.05, 0) is 47.6 Å². The van der Waals surface area contributed by atoms with Crippen LogP contribution in [0.5, 0.6) is 0 Å². The van der Waals surface area contributed by atoms with E-state index in [9.17, 15) is 4.79 Å². The van der Waals surface area contributed by atoms with Gasteiger partial charge in [0.1, 0.15) is 5.82 Å². The zero-order valence-corrected chi connectivity index (χ0v) is 15.9. The van der Waals surface area contributed by atoms with Gasteiger partial charge in [-0.25, -0.2) is 4.98 Å². The van der Waals surface area contributed by atoms with Gasteiger partial charge in [0.2, 0.25) is 0 Å². The number of hydrogen-bond donors (Lipinski definition) is 2. The predicted octanol–water partition coefficient (Wildman–Crippen LogP) is 5.09. The number of anilines is 2. The van der Waals surface area contributed by atoms with Crippen molar-refractivity contribution in [3.63, 3.8) is 0 Å². The van der Waals surface area contributed by atoms with E-state index in [0.29, 0.717) is 17.2 Å². The molecular weight excluding hydrogens is 310 g/mol. The lowest BCUT2D eigenvalue weighted by Gasteiger charge is -2.19. The molecular formula is C21H29N3O. The zero-order valence-electron chi connectivity index (χ0n) is 15.9. The maximum atomic E-state index is 12.4. The molecule has 134 valence electrons. The van der Waals surface area contributed by atoms with E-state index in [1.54, 1.807) is 6.20 Å². The third-order valence-corrected chi connectivity index (χ3v) is 4.06. The fourth-order valence-electron chi connectivity index (χ4n) is 2.39. The summed E-state index contributed by atoms with van der Waals surface area (Å²) < 4.78 is 0. The molecule has 0 bridgehead atoms. The van der Waals surface area contributed by atoms with Crippen molar-refractivity contribution in [3.8, 4) is 0 Å². The fraction of sp³-hybridized carbons (Fsp3) is 0.429. The third kappa shape index (κ3) is 5.89. The number of benzene rings is 1. The quantitative estimate of drug-likeness (QED) is 0.771. The molecule has 0 atom stereocenters. The Morgan fingerprint density at radius 3 is 2.28 bits per heavy atom. The van der Waals surface area contributed by atoms with E-state index >= 15 is 0 Å². The van der Waals surface area contributed by atoms with Crippen LogP contribution in [-0.4, -0.2) is 17.4 Å². The first-order chi connectivity index (χ1) is 11.8. The second-order valence-electron chi connectivity index (χ2n) is 7.82. The predicted molar refractivity (Wildman–Crippen MR) is 105 cm³/mol. The number of nitrogens with one attached hydrogen (secondary N) is 2. The van der Waals surface area contributed by atoms with Gasteiger partial charge in [-0.1, -0.05) is 46.8 Å². The molecule has 4 nitrogen and oxygen atoms in total. The molecule has 4 heteroatoms. The molecule has 2 N–H and O–H groups in total. The summed E-state index contributed by atoms with van der Waals surface area (Å²) in [7, 11) is 0. The molecule has 25 heavy (non-hydrogen) atoms. The minimum Gasteiger partial charge on any atom is -0.370 e. The summed E-state index contributed by atoms with van der Waals surface area (Å²) in [5.74, 6) is 1.37. The number of pyridine rings is 1. The highest BCUT2D eigenvalue weighted by molar-refractivity contribution is 6.04. The standard InChI is InChI=1S/C21H29N3O/c1-15(2)12-13-22-19-11-10-18(14-23-19)24-20(25)16-6-8-17(9-7-16)21(3,4)5/h6-11,14-15H,12-13H2,1-5H3,(H,22,23)(H,24,25). The molecule has 0 fully saturated rings. The maximum absolute atomic E-state index is 12.4. The van der Waals surface area contributed by atoms with Crippen molar-refractivity contribution >= 4 is 17.4 Å². The summed E-state index contributed by atoms with van der Waals surface area (Å²) in [5.41, 5.74) is 2.63. The monoisotopic (exact) mass is 339 g/mol. The second kappa shape index (κ2) is 8.15. The highest BCUT2D eigenvalue weighted by atomic mass is 16.1. The smallest absolute Gasteiger partial charge is 0.255 e. The van der Waals surface area contributed by atoms with E-state index in [1.165, 1.54) is 5.56 Å². The van der Waals surface area contributed by atoms with Crippen LogP contribution in [0.2, 0.25) is 0 Å². The summed E-state index contributed by atoms with van der Waals surface area (Å²) >= 11 is 0. The van der Waals surface area contributed by atoms with E-state index in [-0.39, 0.29) is 11.3 Å². The first-order valence-electron chi connectivity index (χ1n) is 8.87. The Kier molecular flexibility index (Phi) is 6.18. The fourth-order valence-corrected chi connectivity index (χ4v) is 2.39. The van der Waals surface area contributed by atoms with E-state index in [0.717, 1.165) is 18.8 Å². The van der Waals surface area contributed by atoms with Crippen molar-refractivity contribution in [1.82, 2.24) is 4.98 Å². The number of amides is 1. The van der Waals surface area contributed by atoms with Gasteiger partial charge in [-0.3, -0.25) is 4.79 Å². The molecule has 1 aromatic heterocycles. The van der Waals surface area contributed by atoms with Crippen LogP contribution in [0.4, 0.5) is 11.5 Å². The Morgan fingerprint density at radius 1 is 1.08 bits per heavy atom. The Balaban J connectivity index is 1.94. The summed E-state index contributed by atoms with van der Waals surface area (Å²) in [6.45, 7) is 11.8. The van der Waals surface area contributed by atoms with Crippen molar-refractivity contribution in [2.75, 3.05) is 17.2 Å². The van der Waals surface area contributed by atoms with E-state index in [1.807, 2.05) is 36.4 Å². The molecule has 1 amide bonds. The Hall–Kier alpha value is -2.36. The number of hydrogen-bond acceptors (Lipinski definition) is 3. The van der Waals surface area contributed by atoms with Crippen LogP contribution in [0.1, 0.15) is 57.0 Å². The Bertz CT molecular complexity index is 683. The normalized spacial score (nSPS) is 11.4. The van der Waals surface area contributed by atoms with Crippen molar-refractivity contribution < 1.29 is 4.79 Å². The van der Waals surface area contributed by atoms with Gasteiger partial charge in [-0.15, -0.1) is 0 Å². The average Bonchev–Trinajstić information content (AvgIpc) is 2.55. The molecule has 0 aliphatic carbocycles. The molecule has 2 rings (SSSR count). The van der Waals surface area contributed by atoms with Gasteiger partial charge < -0.3 is 10.6 Å². The molecule has 0 radical (unpaired) electrons. The van der Waals surface area contributed by atoms with Gasteiger partial charge in [0.15, 0.2) is 0 Å². The molecule has 0 aliphatic heterocycles. The SMILES string of the molecule is CC(C)CCNc1ccc(NC(=O)c2ccc(C(C)(C)C)cc2)cn1. The molecule has 0 unspecified atom stereocenters. The molecule has 0 aliphatic rings. The van der Waals surface area contributed by atoms with Crippen molar-refractivity contribution in [3.05, 3.63) is 53.7 Å². The largest absolute Gasteiger partial charge is 0.370 e. The summed E-state index contributed by atoms with van der Waals surface area (Å²) in [5, 5.41) is 6.17. The summed E-state index contributed by atoms with van der Waals surface area (Å²) in [6, 6.07) is 11.5. The van der Waals surface area contributed by atoms with Crippen LogP contribution >= 0.6 is 0 Å². The summed E-state index contributed by atoms with van der Waals surface area (Å²) in [6.07, 6.45) is 2.78. The summed E-state index contributed by atoms with van der Waals surface area (Å²) in [4.78, 5) is 16.7. The topological polar surface area (TPSA) is 54.0 Å². The number of aromatic nitrogens is 1. The van der Waals surface area contributed by atoms with Gasteiger partial charge in [0.05, 0.1) is 11.9 Å². The van der Waals surface area contributed by atoms with Gasteiger partial charge >= 0.3 is 0 Å². The lowest BCUT2D eigenvalue weighted by Crippen LogP contribution is -2.14. The highest BCUT2D eigenvalue weighted by Gasteiger charge is 2.14. The molecule has 0 spiro atoms. The Labute approximate surface area is 151 Å². The first kappa shape index (κ1) is 19.0. The Morgan fingerprint density at radius 2 is 1.76 bits per heavy atom. The molecule has 1 aromatic carbocycles. The molecule has 0 saturated heterocycles. The van der Waals surface area contributed by atoms with E-state index in [2.05, 4.69) is 50.2 Å². The number of carbonyl (C=O) groups is 1. The minimum absolute atomic E-state index is 0.0807. The van der Waals surface area contributed by atoms with Gasteiger partial charge in [0.25, 0.3) is 5.91 Å². The maximum Gasteiger partial charge on any atom is 0.255 e. The van der Waals surface area contributed by atoms with Crippen molar-refractivity contribution in [2.24, 2.45) is 5.92 Å². The third-order valence-electron chi connectivity index (χ3n) is 4.06. The van der Waals surface area contributed by atoms with Gasteiger partial charge in [-0.2, -0.15) is 0 Å². The number of nitrogens with zero attached hydrogens (tertiary/aromatic N) is 1. The molecule has 1 heterocycles. The van der Waals surface area contributed by atoms with E-state index in [4.69, 9.17) is 0 Å². The minimum atomic E-state index is -0.122. The van der Waals surface area contributed by atoms with Crippen LogP contribution in [0, 0.1) is 5.92 Å². The lowest BCUT2D eigenvalue weighted by molar-refractivity contribution is 0.102.